The molecule has 0 aliphatic heterocycles. The lowest BCUT2D eigenvalue weighted by molar-refractivity contribution is 0.162. The maximum atomic E-state index is 6.03. The standard InChI is InChI=1S/C56H68O4P2/c1-16-56(35(2)3,54(44-23-19-17-20-24-44)61(46-27-36(4)50(57-12)37(5)28-46)47-29-38(6)51(58-13)39(7)30-47)55(45-25-21-18-22-26-45)62(48-31-40(8)52(59-14)41(9)32-48)49-33-42(10)53(60-15)43(11)34-49/h17-35,54-55H,16H2,1-15H3. The minimum absolute atomic E-state index is 0.0826. The Labute approximate surface area is 375 Å². The average Bonchev–Trinajstić information content (AvgIpc) is 3.23. The summed E-state index contributed by atoms with van der Waals surface area (Å²) >= 11 is 0. The predicted octanol–water partition coefficient (Wildman–Crippen LogP) is 13.3. The smallest absolute Gasteiger partial charge is 0.124 e. The molecule has 62 heavy (non-hydrogen) atoms. The zero-order chi connectivity index (χ0) is 45.0. The third-order valence-corrected chi connectivity index (χ3v) is 19.0. The lowest BCUT2D eigenvalue weighted by atomic mass is 9.66. The summed E-state index contributed by atoms with van der Waals surface area (Å²) in [5.41, 5.74) is 11.9. The first-order valence-corrected chi connectivity index (χ1v) is 24.8. The highest BCUT2D eigenvalue weighted by Gasteiger charge is 2.54. The molecule has 0 fully saturated rings. The van der Waals surface area contributed by atoms with Crippen molar-refractivity contribution in [3.05, 3.63) is 165 Å². The van der Waals surface area contributed by atoms with Crippen LogP contribution in [-0.2, 0) is 0 Å². The summed E-state index contributed by atoms with van der Waals surface area (Å²) in [6.07, 6.45) is 0.950. The molecule has 0 radical (unpaired) electrons. The molecule has 4 nitrogen and oxygen atoms in total. The van der Waals surface area contributed by atoms with Gasteiger partial charge in [0, 0.05) is 11.3 Å². The van der Waals surface area contributed by atoms with Crippen molar-refractivity contribution in [1.82, 2.24) is 0 Å². The van der Waals surface area contributed by atoms with Crippen molar-refractivity contribution < 1.29 is 18.9 Å². The van der Waals surface area contributed by atoms with Crippen molar-refractivity contribution in [2.24, 2.45) is 11.3 Å². The van der Waals surface area contributed by atoms with Gasteiger partial charge >= 0.3 is 0 Å². The Morgan fingerprint density at radius 3 is 0.806 bits per heavy atom. The van der Waals surface area contributed by atoms with Crippen LogP contribution in [0.15, 0.2) is 109 Å². The van der Waals surface area contributed by atoms with Crippen LogP contribution in [0.25, 0.3) is 0 Å². The van der Waals surface area contributed by atoms with Crippen molar-refractivity contribution in [2.45, 2.75) is 93.9 Å². The number of rotatable bonds is 16. The summed E-state index contributed by atoms with van der Waals surface area (Å²) in [5, 5.41) is 5.43. The summed E-state index contributed by atoms with van der Waals surface area (Å²) in [7, 11) is 5.00. The molecule has 6 rings (SSSR count). The van der Waals surface area contributed by atoms with Crippen LogP contribution < -0.4 is 40.2 Å². The zero-order valence-electron chi connectivity index (χ0n) is 39.9. The van der Waals surface area contributed by atoms with E-state index in [4.69, 9.17) is 18.9 Å². The molecule has 2 atom stereocenters. The zero-order valence-corrected chi connectivity index (χ0v) is 41.6. The number of methoxy groups -OCH3 is 4. The number of ether oxygens (including phenoxy) is 4. The fourth-order valence-electron chi connectivity index (χ4n) is 10.7. The molecule has 0 heterocycles. The SMILES string of the molecule is CCC(C(C)C)(C(c1ccccc1)P(c1cc(C)c(OC)c(C)c1)c1cc(C)c(OC)c(C)c1)C(c1ccccc1)P(c1cc(C)c(OC)c(C)c1)c1cc(C)c(OC)c(C)c1. The maximum absolute atomic E-state index is 6.03. The van der Waals surface area contributed by atoms with Gasteiger partial charge in [-0.05, 0) is 214 Å². The van der Waals surface area contributed by atoms with Gasteiger partial charge in [0.05, 0.1) is 28.4 Å². The first-order chi connectivity index (χ1) is 29.7. The fraction of sp³-hybridized carbons (Fsp3) is 0.357. The van der Waals surface area contributed by atoms with Crippen LogP contribution in [0.1, 0.15) is 94.1 Å². The Bertz CT molecular complexity index is 2110. The van der Waals surface area contributed by atoms with E-state index >= 15 is 0 Å². The van der Waals surface area contributed by atoms with Crippen molar-refractivity contribution in [3.63, 3.8) is 0 Å². The Kier molecular flexibility index (Phi) is 15.0. The van der Waals surface area contributed by atoms with Gasteiger partial charge < -0.3 is 18.9 Å². The molecule has 0 saturated carbocycles. The molecule has 6 heteroatoms. The molecule has 0 spiro atoms. The van der Waals surface area contributed by atoms with E-state index in [0.29, 0.717) is 0 Å². The first-order valence-electron chi connectivity index (χ1n) is 22.0. The van der Waals surface area contributed by atoms with Crippen LogP contribution in [0.3, 0.4) is 0 Å². The molecule has 0 aliphatic carbocycles. The van der Waals surface area contributed by atoms with Gasteiger partial charge in [0.15, 0.2) is 0 Å². The van der Waals surface area contributed by atoms with Gasteiger partial charge in [-0.1, -0.05) is 81.4 Å². The molecule has 0 aliphatic rings. The highest BCUT2D eigenvalue weighted by Crippen LogP contribution is 2.73. The monoisotopic (exact) mass is 866 g/mol. The van der Waals surface area contributed by atoms with Crippen LogP contribution in [0, 0.1) is 66.7 Å². The normalized spacial score (nSPS) is 13.6. The molecule has 6 aromatic rings. The first kappa shape index (κ1) is 46.9. The van der Waals surface area contributed by atoms with E-state index in [2.05, 4.69) is 185 Å². The Morgan fingerprint density at radius 2 is 0.629 bits per heavy atom. The number of hydrogen-bond donors (Lipinski definition) is 0. The third kappa shape index (κ3) is 8.81. The molecular weight excluding hydrogens is 799 g/mol. The molecule has 0 N–H and O–H groups in total. The van der Waals surface area contributed by atoms with E-state index in [-0.39, 0.29) is 22.7 Å². The van der Waals surface area contributed by atoms with Crippen molar-refractivity contribution in [1.29, 1.82) is 0 Å². The second-order valence-electron chi connectivity index (χ2n) is 17.4. The average molecular weight is 867 g/mol. The Balaban J connectivity index is 1.85. The topological polar surface area (TPSA) is 36.9 Å². The van der Waals surface area contributed by atoms with Gasteiger partial charge in [0.2, 0.25) is 0 Å². The molecular formula is C56H68O4P2. The second-order valence-corrected chi connectivity index (χ2v) is 22.0. The predicted molar refractivity (Wildman–Crippen MR) is 268 cm³/mol. The Morgan fingerprint density at radius 1 is 0.403 bits per heavy atom. The second kappa shape index (κ2) is 19.8. The van der Waals surface area contributed by atoms with Gasteiger partial charge in [0.1, 0.15) is 23.0 Å². The lowest BCUT2D eigenvalue weighted by Crippen LogP contribution is -2.43. The van der Waals surface area contributed by atoms with Crippen molar-refractivity contribution in [3.8, 4) is 23.0 Å². The minimum Gasteiger partial charge on any atom is -0.496 e. The quantitative estimate of drug-likeness (QED) is 0.0908. The van der Waals surface area contributed by atoms with Crippen molar-refractivity contribution in [2.75, 3.05) is 28.4 Å². The number of benzene rings is 6. The van der Waals surface area contributed by atoms with E-state index < -0.39 is 15.8 Å². The van der Waals surface area contributed by atoms with Crippen LogP contribution in [0.5, 0.6) is 23.0 Å². The largest absolute Gasteiger partial charge is 0.496 e. The maximum Gasteiger partial charge on any atom is 0.124 e. The molecule has 6 aromatic carbocycles. The summed E-state index contributed by atoms with van der Waals surface area (Å²) in [5.74, 6) is 4.06. The number of aryl methyl sites for hydroxylation is 8. The summed E-state index contributed by atoms with van der Waals surface area (Å²) in [4.78, 5) is 0. The lowest BCUT2D eigenvalue weighted by Gasteiger charge is -2.55. The fourth-order valence-corrected chi connectivity index (χ4v) is 18.4. The number of hydrogen-bond acceptors (Lipinski definition) is 4. The van der Waals surface area contributed by atoms with E-state index in [1.54, 1.807) is 28.4 Å². The van der Waals surface area contributed by atoms with Gasteiger partial charge in [-0.3, -0.25) is 0 Å². The van der Waals surface area contributed by atoms with Crippen LogP contribution in [0.4, 0.5) is 0 Å². The van der Waals surface area contributed by atoms with E-state index in [0.717, 1.165) is 73.9 Å². The molecule has 0 amide bonds. The van der Waals surface area contributed by atoms with Crippen LogP contribution >= 0.6 is 15.8 Å². The summed E-state index contributed by atoms with van der Waals surface area (Å²) in [6, 6.07) is 42.4. The van der Waals surface area contributed by atoms with Crippen molar-refractivity contribution >= 4 is 37.1 Å². The minimum atomic E-state index is -1.08. The van der Waals surface area contributed by atoms with E-state index in [9.17, 15) is 0 Å². The molecule has 0 saturated heterocycles. The molecule has 326 valence electrons. The van der Waals surface area contributed by atoms with Gasteiger partial charge in [-0.15, -0.1) is 0 Å². The molecule has 0 bridgehead atoms. The van der Waals surface area contributed by atoms with Crippen LogP contribution in [0.2, 0.25) is 0 Å². The van der Waals surface area contributed by atoms with Gasteiger partial charge in [0.25, 0.3) is 0 Å². The summed E-state index contributed by atoms with van der Waals surface area (Å²) < 4.78 is 24.1. The molecule has 2 unspecified atom stereocenters. The molecule has 0 aromatic heterocycles. The highest BCUT2D eigenvalue weighted by molar-refractivity contribution is 7.74. The van der Waals surface area contributed by atoms with Crippen LogP contribution in [-0.4, -0.2) is 28.4 Å². The third-order valence-electron chi connectivity index (χ3n) is 13.2. The highest BCUT2D eigenvalue weighted by atomic mass is 31.1. The Hall–Kier alpha value is -4.62. The summed E-state index contributed by atoms with van der Waals surface area (Å²) in [6.45, 7) is 25.1. The van der Waals surface area contributed by atoms with E-state index in [1.807, 2.05) is 0 Å². The van der Waals surface area contributed by atoms with E-state index in [1.165, 1.54) is 32.3 Å². The van der Waals surface area contributed by atoms with Gasteiger partial charge in [-0.2, -0.15) is 0 Å². The van der Waals surface area contributed by atoms with Gasteiger partial charge in [-0.25, -0.2) is 0 Å².